The average molecular weight is 293 g/mol. The van der Waals surface area contributed by atoms with E-state index in [-0.39, 0.29) is 10.9 Å². The van der Waals surface area contributed by atoms with Gasteiger partial charge in [0.2, 0.25) is 0 Å². The molecule has 0 amide bonds. The van der Waals surface area contributed by atoms with E-state index in [0.29, 0.717) is 0 Å². The molecule has 0 atom stereocenters. The Kier molecular flexibility index (Phi) is 3.19. The minimum Gasteiger partial charge on any atom is -0.465 e. The van der Waals surface area contributed by atoms with Crippen molar-refractivity contribution in [1.82, 2.24) is 4.98 Å². The zero-order valence-electron chi connectivity index (χ0n) is 10.0. The summed E-state index contributed by atoms with van der Waals surface area (Å²) < 4.78 is 68.7. The maximum absolute atomic E-state index is 13.5. The number of esters is 1. The number of halogens is 5. The predicted molar refractivity (Wildman–Crippen MR) is 59.6 cm³/mol. The lowest BCUT2D eigenvalue weighted by Crippen LogP contribution is -2.35. The van der Waals surface area contributed by atoms with Crippen LogP contribution in [0.15, 0.2) is 24.3 Å². The number of alkyl halides is 5. The van der Waals surface area contributed by atoms with Gasteiger partial charge in [-0.05, 0) is 6.07 Å². The maximum Gasteiger partial charge on any atom is 0.459 e. The van der Waals surface area contributed by atoms with Gasteiger partial charge in [0.15, 0.2) is 0 Å². The zero-order valence-corrected chi connectivity index (χ0v) is 10.0. The minimum atomic E-state index is -5.82. The van der Waals surface area contributed by atoms with E-state index in [2.05, 4.69) is 4.74 Å². The summed E-state index contributed by atoms with van der Waals surface area (Å²) in [6, 6.07) is 5.40. The van der Waals surface area contributed by atoms with E-state index < -0.39 is 29.3 Å². The number of hydrogen-bond acceptors (Lipinski definition) is 2. The molecule has 1 aromatic carbocycles. The van der Waals surface area contributed by atoms with Gasteiger partial charge in [0.1, 0.15) is 5.69 Å². The molecule has 0 unspecified atom stereocenters. The molecule has 0 radical (unpaired) electrons. The fourth-order valence-corrected chi connectivity index (χ4v) is 1.83. The molecule has 108 valence electrons. The zero-order chi connectivity index (χ0) is 15.1. The quantitative estimate of drug-likeness (QED) is 0.679. The fourth-order valence-electron chi connectivity index (χ4n) is 1.83. The Bertz CT molecular complexity index is 659. The predicted octanol–water partition coefficient (Wildman–Crippen LogP) is 3.61. The number of carbonyl (C=O) groups is 1. The summed E-state index contributed by atoms with van der Waals surface area (Å²) in [5.74, 6) is -6.45. The summed E-state index contributed by atoms with van der Waals surface area (Å²) in [5.41, 5.74) is -2.34. The summed E-state index contributed by atoms with van der Waals surface area (Å²) in [6.07, 6.45) is -5.82. The van der Waals surface area contributed by atoms with Crippen molar-refractivity contribution in [1.29, 1.82) is 0 Å². The van der Waals surface area contributed by atoms with Crippen molar-refractivity contribution in [3.63, 3.8) is 0 Å². The van der Waals surface area contributed by atoms with Gasteiger partial charge in [-0.1, -0.05) is 18.2 Å². The number of para-hydroxylation sites is 1. The third kappa shape index (κ3) is 2.00. The normalized spacial score (nSPS) is 12.7. The van der Waals surface area contributed by atoms with E-state index >= 15 is 0 Å². The molecule has 0 aliphatic rings. The van der Waals surface area contributed by atoms with E-state index in [4.69, 9.17) is 0 Å². The molecule has 3 nitrogen and oxygen atoms in total. The molecule has 0 saturated carbocycles. The van der Waals surface area contributed by atoms with Gasteiger partial charge in [0, 0.05) is 10.9 Å². The molecule has 1 heterocycles. The van der Waals surface area contributed by atoms with E-state index in [9.17, 15) is 26.7 Å². The third-order valence-electron chi connectivity index (χ3n) is 2.77. The lowest BCUT2D eigenvalue weighted by Gasteiger charge is -2.19. The van der Waals surface area contributed by atoms with Crippen LogP contribution in [0.25, 0.3) is 10.9 Å². The van der Waals surface area contributed by atoms with E-state index in [0.717, 1.165) is 7.11 Å². The van der Waals surface area contributed by atoms with Crippen LogP contribution in [0.3, 0.4) is 0 Å². The summed E-state index contributed by atoms with van der Waals surface area (Å²) in [5, 5.41) is -0.0572. The Morgan fingerprint density at radius 3 is 2.30 bits per heavy atom. The minimum absolute atomic E-state index is 0.00757. The molecule has 2 rings (SSSR count). The molecular formula is C12H8F5NO2. The van der Waals surface area contributed by atoms with Crippen LogP contribution in [-0.4, -0.2) is 24.2 Å². The molecule has 0 aliphatic carbocycles. The van der Waals surface area contributed by atoms with Crippen LogP contribution in [0.1, 0.15) is 16.1 Å². The molecule has 1 N–H and O–H groups in total. The number of carbonyl (C=O) groups excluding carboxylic acids is 1. The van der Waals surface area contributed by atoms with Gasteiger partial charge >= 0.3 is 18.1 Å². The molecule has 0 fully saturated rings. The van der Waals surface area contributed by atoms with Gasteiger partial charge in [-0.25, -0.2) is 4.79 Å². The molecule has 0 aliphatic heterocycles. The van der Waals surface area contributed by atoms with Gasteiger partial charge < -0.3 is 9.72 Å². The third-order valence-corrected chi connectivity index (χ3v) is 2.77. The van der Waals surface area contributed by atoms with Crippen molar-refractivity contribution >= 4 is 16.9 Å². The molecule has 0 spiro atoms. The Labute approximate surface area is 109 Å². The van der Waals surface area contributed by atoms with Crippen molar-refractivity contribution in [3.8, 4) is 0 Å². The summed E-state index contributed by atoms with van der Waals surface area (Å²) in [6.45, 7) is 0. The lowest BCUT2D eigenvalue weighted by molar-refractivity contribution is -0.290. The Hall–Kier alpha value is -2.12. The van der Waals surface area contributed by atoms with Crippen LogP contribution in [-0.2, 0) is 10.7 Å². The Morgan fingerprint density at radius 2 is 1.75 bits per heavy atom. The van der Waals surface area contributed by atoms with Crippen molar-refractivity contribution in [2.75, 3.05) is 7.11 Å². The highest BCUT2D eigenvalue weighted by Crippen LogP contribution is 2.46. The highest BCUT2D eigenvalue weighted by atomic mass is 19.4. The first-order valence-electron chi connectivity index (χ1n) is 5.34. The van der Waals surface area contributed by atoms with Crippen LogP contribution in [0.5, 0.6) is 0 Å². The fraction of sp³-hybridized carbons (Fsp3) is 0.250. The number of aromatic nitrogens is 1. The Morgan fingerprint density at radius 1 is 1.15 bits per heavy atom. The second-order valence-electron chi connectivity index (χ2n) is 3.98. The number of rotatable bonds is 2. The number of fused-ring (bicyclic) bond motifs is 1. The van der Waals surface area contributed by atoms with Crippen LogP contribution < -0.4 is 0 Å². The lowest BCUT2D eigenvalue weighted by atomic mass is 10.1. The van der Waals surface area contributed by atoms with Crippen molar-refractivity contribution in [3.05, 3.63) is 35.5 Å². The summed E-state index contributed by atoms with van der Waals surface area (Å²) >= 11 is 0. The molecule has 2 aromatic rings. The van der Waals surface area contributed by atoms with Gasteiger partial charge in [0.05, 0.1) is 12.7 Å². The number of aromatic amines is 1. The van der Waals surface area contributed by atoms with Gasteiger partial charge in [-0.3, -0.25) is 0 Å². The number of methoxy groups -OCH3 is 1. The van der Waals surface area contributed by atoms with Gasteiger partial charge in [-0.2, -0.15) is 22.0 Å². The highest BCUT2D eigenvalue weighted by Gasteiger charge is 2.61. The largest absolute Gasteiger partial charge is 0.465 e. The van der Waals surface area contributed by atoms with E-state index in [1.54, 1.807) is 0 Å². The van der Waals surface area contributed by atoms with Crippen molar-refractivity contribution in [2.24, 2.45) is 0 Å². The number of H-pyrrole nitrogens is 1. The first kappa shape index (κ1) is 14.3. The summed E-state index contributed by atoms with van der Waals surface area (Å²) in [7, 11) is 0.902. The monoisotopic (exact) mass is 293 g/mol. The topological polar surface area (TPSA) is 42.1 Å². The first-order chi connectivity index (χ1) is 9.20. The SMILES string of the molecule is COC(=O)c1c(C(F)(F)C(F)(F)F)[nH]c2ccccc12. The number of benzene rings is 1. The molecule has 0 bridgehead atoms. The number of hydrogen-bond donors (Lipinski definition) is 1. The second kappa shape index (κ2) is 4.46. The Balaban J connectivity index is 2.79. The first-order valence-corrected chi connectivity index (χ1v) is 5.34. The van der Waals surface area contributed by atoms with E-state index in [1.165, 1.54) is 24.3 Å². The summed E-state index contributed by atoms with van der Waals surface area (Å²) in [4.78, 5) is 13.5. The van der Waals surface area contributed by atoms with Crippen molar-refractivity contribution < 1.29 is 31.5 Å². The van der Waals surface area contributed by atoms with Gasteiger partial charge in [-0.15, -0.1) is 0 Å². The molecule has 1 aromatic heterocycles. The molecule has 20 heavy (non-hydrogen) atoms. The van der Waals surface area contributed by atoms with Crippen LogP contribution >= 0.6 is 0 Å². The molecular weight excluding hydrogens is 285 g/mol. The molecule has 8 heteroatoms. The smallest absolute Gasteiger partial charge is 0.459 e. The highest BCUT2D eigenvalue weighted by molar-refractivity contribution is 6.05. The number of nitrogens with one attached hydrogen (secondary N) is 1. The van der Waals surface area contributed by atoms with Crippen molar-refractivity contribution in [2.45, 2.75) is 12.1 Å². The van der Waals surface area contributed by atoms with Gasteiger partial charge in [0.25, 0.3) is 0 Å². The molecule has 0 saturated heterocycles. The standard InChI is InChI=1S/C12H8F5NO2/c1-20-10(19)8-6-4-2-3-5-7(6)18-9(8)11(13,14)12(15,16)17/h2-5,18H,1H3. The maximum atomic E-state index is 13.5. The van der Waals surface area contributed by atoms with Crippen LogP contribution in [0, 0.1) is 0 Å². The van der Waals surface area contributed by atoms with Crippen LogP contribution in [0.2, 0.25) is 0 Å². The van der Waals surface area contributed by atoms with E-state index in [1.807, 2.05) is 4.98 Å². The second-order valence-corrected chi connectivity index (χ2v) is 3.98. The average Bonchev–Trinajstić information content (AvgIpc) is 2.76. The number of ether oxygens (including phenoxy) is 1. The van der Waals surface area contributed by atoms with Crippen LogP contribution in [0.4, 0.5) is 22.0 Å².